The van der Waals surface area contributed by atoms with Gasteiger partial charge in [0, 0.05) is 5.56 Å². The van der Waals surface area contributed by atoms with Crippen LogP contribution in [0.15, 0.2) is 18.2 Å². The van der Waals surface area contributed by atoms with Crippen molar-refractivity contribution in [3.63, 3.8) is 0 Å². The Morgan fingerprint density at radius 2 is 2.29 bits per heavy atom. The lowest BCUT2D eigenvalue weighted by Crippen LogP contribution is -2.37. The lowest BCUT2D eigenvalue weighted by molar-refractivity contribution is -0.123. The van der Waals surface area contributed by atoms with Crippen molar-refractivity contribution in [2.24, 2.45) is 0 Å². The van der Waals surface area contributed by atoms with Crippen molar-refractivity contribution in [3.8, 4) is 5.75 Å². The highest BCUT2D eigenvalue weighted by Crippen LogP contribution is 2.18. The molecule has 17 heavy (non-hydrogen) atoms. The van der Waals surface area contributed by atoms with Gasteiger partial charge in [0.25, 0.3) is 0 Å². The zero-order valence-electron chi connectivity index (χ0n) is 9.44. The molecule has 1 heterocycles. The van der Waals surface area contributed by atoms with Gasteiger partial charge in [0.05, 0.1) is 20.3 Å². The molecule has 0 saturated carbocycles. The maximum atomic E-state index is 13.3. The van der Waals surface area contributed by atoms with E-state index in [1.807, 2.05) is 0 Å². The predicted octanol–water partition coefficient (Wildman–Crippen LogP) is 1.43. The van der Waals surface area contributed by atoms with Gasteiger partial charge in [0.2, 0.25) is 0 Å². The predicted molar refractivity (Wildman–Crippen MR) is 57.8 cm³/mol. The van der Waals surface area contributed by atoms with Crippen LogP contribution < -0.4 is 4.74 Å². The number of rotatable bonds is 5. The number of hydrogen-bond acceptors (Lipinski definition) is 4. The lowest BCUT2D eigenvalue weighted by Gasteiger charge is -2.25. The molecule has 1 fully saturated rings. The van der Waals surface area contributed by atoms with E-state index >= 15 is 0 Å². The number of methoxy groups -OCH3 is 1. The van der Waals surface area contributed by atoms with Gasteiger partial charge >= 0.3 is 0 Å². The summed E-state index contributed by atoms with van der Waals surface area (Å²) < 4.78 is 28.3. The van der Waals surface area contributed by atoms with Crippen LogP contribution in [0, 0.1) is 5.82 Å². The molecule has 1 aromatic carbocycles. The molecule has 5 heteroatoms. The Morgan fingerprint density at radius 3 is 2.82 bits per heavy atom. The summed E-state index contributed by atoms with van der Waals surface area (Å²) in [6.45, 7) is 0.980. The molecule has 4 nitrogen and oxygen atoms in total. The second-order valence-corrected chi connectivity index (χ2v) is 3.74. The number of hydrogen-bond donors (Lipinski definition) is 0. The van der Waals surface area contributed by atoms with Gasteiger partial charge in [-0.1, -0.05) is 0 Å². The zero-order chi connectivity index (χ0) is 12.3. The first-order valence-electron chi connectivity index (χ1n) is 5.27. The molecule has 0 spiro atoms. The topological polar surface area (TPSA) is 44.8 Å². The van der Waals surface area contributed by atoms with Crippen LogP contribution in [0.2, 0.25) is 0 Å². The molecule has 0 aromatic heterocycles. The van der Waals surface area contributed by atoms with Crippen LogP contribution in [0.1, 0.15) is 10.4 Å². The highest BCUT2D eigenvalue weighted by molar-refractivity contribution is 5.97. The van der Waals surface area contributed by atoms with Crippen LogP contribution in [0.5, 0.6) is 5.75 Å². The van der Waals surface area contributed by atoms with Crippen molar-refractivity contribution in [2.75, 3.05) is 26.9 Å². The molecule has 2 rings (SSSR count). The molecular formula is C12H13FO4. The number of benzene rings is 1. The SMILES string of the molecule is COc1ccc(C(=O)COC2COC2)cc1F. The molecule has 1 saturated heterocycles. The Kier molecular flexibility index (Phi) is 3.71. The first-order valence-corrected chi connectivity index (χ1v) is 5.27. The van der Waals surface area contributed by atoms with Crippen molar-refractivity contribution >= 4 is 5.78 Å². The van der Waals surface area contributed by atoms with E-state index in [9.17, 15) is 9.18 Å². The summed E-state index contributed by atoms with van der Waals surface area (Å²) >= 11 is 0. The molecular weight excluding hydrogens is 227 g/mol. The van der Waals surface area contributed by atoms with E-state index in [1.165, 1.54) is 19.2 Å². The van der Waals surface area contributed by atoms with Crippen molar-refractivity contribution in [2.45, 2.75) is 6.10 Å². The fraction of sp³-hybridized carbons (Fsp3) is 0.417. The molecule has 0 N–H and O–H groups in total. The highest BCUT2D eigenvalue weighted by Gasteiger charge is 2.20. The van der Waals surface area contributed by atoms with Crippen molar-refractivity contribution < 1.29 is 23.4 Å². The summed E-state index contributed by atoms with van der Waals surface area (Å²) in [4.78, 5) is 11.7. The monoisotopic (exact) mass is 240 g/mol. The smallest absolute Gasteiger partial charge is 0.188 e. The number of ether oxygens (including phenoxy) is 3. The van der Waals surface area contributed by atoms with Crippen LogP contribution in [0.3, 0.4) is 0 Å². The van der Waals surface area contributed by atoms with E-state index in [-0.39, 0.29) is 29.8 Å². The Bertz CT molecular complexity index is 415. The molecule has 0 bridgehead atoms. The van der Waals surface area contributed by atoms with Crippen LogP contribution in [-0.4, -0.2) is 38.8 Å². The number of halogens is 1. The van der Waals surface area contributed by atoms with E-state index in [0.717, 1.165) is 6.07 Å². The van der Waals surface area contributed by atoms with E-state index in [2.05, 4.69) is 0 Å². The summed E-state index contributed by atoms with van der Waals surface area (Å²) in [5.74, 6) is -0.682. The fourth-order valence-electron chi connectivity index (χ4n) is 1.43. The second kappa shape index (κ2) is 5.25. The molecule has 1 aromatic rings. The Labute approximate surface area is 98.3 Å². The van der Waals surface area contributed by atoms with E-state index in [0.29, 0.717) is 13.2 Å². The van der Waals surface area contributed by atoms with Gasteiger partial charge in [-0.05, 0) is 18.2 Å². The van der Waals surface area contributed by atoms with Crippen LogP contribution >= 0.6 is 0 Å². The number of ketones is 1. The number of carbonyl (C=O) groups is 1. The molecule has 0 atom stereocenters. The van der Waals surface area contributed by atoms with Gasteiger partial charge in [-0.25, -0.2) is 4.39 Å². The molecule has 0 radical (unpaired) electrons. The summed E-state index contributed by atoms with van der Waals surface area (Å²) in [5.41, 5.74) is 0.281. The minimum atomic E-state index is -0.551. The van der Waals surface area contributed by atoms with E-state index in [4.69, 9.17) is 14.2 Å². The first-order chi connectivity index (χ1) is 8.20. The minimum Gasteiger partial charge on any atom is -0.494 e. The van der Waals surface area contributed by atoms with Crippen LogP contribution in [-0.2, 0) is 9.47 Å². The standard InChI is InChI=1S/C12H13FO4/c1-15-12-3-2-8(4-10(12)13)11(14)7-17-9-5-16-6-9/h2-4,9H,5-7H2,1H3. The molecule has 92 valence electrons. The Balaban J connectivity index is 1.95. The van der Waals surface area contributed by atoms with Gasteiger partial charge in [-0.2, -0.15) is 0 Å². The second-order valence-electron chi connectivity index (χ2n) is 3.74. The normalized spacial score (nSPS) is 15.4. The Morgan fingerprint density at radius 1 is 1.53 bits per heavy atom. The zero-order valence-corrected chi connectivity index (χ0v) is 9.44. The minimum absolute atomic E-state index is 0.0120. The molecule has 1 aliphatic rings. The lowest BCUT2D eigenvalue weighted by atomic mass is 10.1. The summed E-state index contributed by atoms with van der Waals surface area (Å²) in [6, 6.07) is 4.10. The van der Waals surface area contributed by atoms with E-state index < -0.39 is 5.82 Å². The third-order valence-corrected chi connectivity index (χ3v) is 2.53. The van der Waals surface area contributed by atoms with Crippen LogP contribution in [0.25, 0.3) is 0 Å². The first kappa shape index (κ1) is 12.0. The largest absolute Gasteiger partial charge is 0.494 e. The number of Topliss-reactive ketones (excluding diaryl/α,β-unsaturated/α-hetero) is 1. The summed E-state index contributed by atoms with van der Waals surface area (Å²) in [5, 5.41) is 0. The Hall–Kier alpha value is -1.46. The third-order valence-electron chi connectivity index (χ3n) is 2.53. The van der Waals surface area contributed by atoms with Crippen LogP contribution in [0.4, 0.5) is 4.39 Å². The van der Waals surface area contributed by atoms with Gasteiger partial charge in [-0.3, -0.25) is 4.79 Å². The maximum absolute atomic E-state index is 13.3. The summed E-state index contributed by atoms with van der Waals surface area (Å²) in [6.07, 6.45) is -0.0120. The summed E-state index contributed by atoms with van der Waals surface area (Å²) in [7, 11) is 1.37. The molecule has 0 aliphatic carbocycles. The van der Waals surface area contributed by atoms with E-state index in [1.54, 1.807) is 0 Å². The van der Waals surface area contributed by atoms with Crippen molar-refractivity contribution in [3.05, 3.63) is 29.6 Å². The number of carbonyl (C=O) groups excluding carboxylic acids is 1. The highest BCUT2D eigenvalue weighted by atomic mass is 19.1. The van der Waals surface area contributed by atoms with Crippen molar-refractivity contribution in [1.29, 1.82) is 0 Å². The van der Waals surface area contributed by atoms with Crippen molar-refractivity contribution in [1.82, 2.24) is 0 Å². The average molecular weight is 240 g/mol. The molecule has 0 amide bonds. The fourth-order valence-corrected chi connectivity index (χ4v) is 1.43. The van der Waals surface area contributed by atoms with Gasteiger partial charge in [0.1, 0.15) is 12.7 Å². The van der Waals surface area contributed by atoms with Gasteiger partial charge in [-0.15, -0.1) is 0 Å². The van der Waals surface area contributed by atoms with Gasteiger partial charge in [0.15, 0.2) is 17.3 Å². The average Bonchev–Trinajstić information content (AvgIpc) is 2.26. The molecule has 1 aliphatic heterocycles. The molecule has 0 unspecified atom stereocenters. The maximum Gasteiger partial charge on any atom is 0.188 e. The van der Waals surface area contributed by atoms with Gasteiger partial charge < -0.3 is 14.2 Å². The third kappa shape index (κ3) is 2.81. The quantitative estimate of drug-likeness (QED) is 0.730.